The van der Waals surface area contributed by atoms with Crippen LogP contribution in [0.25, 0.3) is 10.1 Å². The molecule has 1 aliphatic rings. The van der Waals surface area contributed by atoms with E-state index < -0.39 is 0 Å². The lowest BCUT2D eigenvalue weighted by Crippen LogP contribution is -2.41. The second-order valence-corrected chi connectivity index (χ2v) is 6.56. The number of hydrogen-bond acceptors (Lipinski definition) is 4. The van der Waals surface area contributed by atoms with Crippen LogP contribution in [0.1, 0.15) is 27.7 Å². The normalized spacial score (nSPS) is 21.7. The summed E-state index contributed by atoms with van der Waals surface area (Å²) < 4.78 is 13.4. The van der Waals surface area contributed by atoms with E-state index in [-0.39, 0.29) is 18.3 Å². The molecule has 0 bridgehead atoms. The lowest BCUT2D eigenvalue weighted by Gasteiger charge is -2.32. The molecule has 2 aromatic rings. The van der Waals surface area contributed by atoms with Gasteiger partial charge in [0.05, 0.1) is 11.2 Å². The summed E-state index contributed by atoms with van der Waals surface area (Å²) in [6.45, 7) is 8.28. The minimum absolute atomic E-state index is 0.297. The van der Waals surface area contributed by atoms with Crippen LogP contribution in [0.3, 0.4) is 0 Å². The van der Waals surface area contributed by atoms with Crippen molar-refractivity contribution >= 4 is 34.0 Å². The third-order valence-corrected chi connectivity index (χ3v) is 4.89. The van der Waals surface area contributed by atoms with E-state index in [1.54, 1.807) is 11.3 Å². The zero-order valence-electron chi connectivity index (χ0n) is 11.1. The maximum absolute atomic E-state index is 6.07. The van der Waals surface area contributed by atoms with Crippen molar-refractivity contribution < 1.29 is 9.31 Å². The van der Waals surface area contributed by atoms with Crippen molar-refractivity contribution in [1.29, 1.82) is 0 Å². The Morgan fingerprint density at radius 1 is 1.17 bits per heavy atom. The Kier molecular flexibility index (Phi) is 2.56. The molecular formula is C13H16BNO2S. The summed E-state index contributed by atoms with van der Waals surface area (Å²) in [5.41, 5.74) is 0.490. The van der Waals surface area contributed by atoms with Gasteiger partial charge in [-0.15, -0.1) is 11.3 Å². The second kappa shape index (κ2) is 3.79. The summed E-state index contributed by atoms with van der Waals surface area (Å²) >= 11 is 1.70. The fourth-order valence-corrected chi connectivity index (χ4v) is 2.97. The zero-order valence-corrected chi connectivity index (χ0v) is 11.9. The van der Waals surface area contributed by atoms with Crippen LogP contribution in [-0.4, -0.2) is 23.3 Å². The van der Waals surface area contributed by atoms with Gasteiger partial charge in [-0.05, 0) is 39.1 Å². The monoisotopic (exact) mass is 261 g/mol. The molecule has 0 spiro atoms. The largest absolute Gasteiger partial charge is 0.496 e. The highest BCUT2D eigenvalue weighted by Crippen LogP contribution is 2.37. The van der Waals surface area contributed by atoms with Crippen LogP contribution in [0.5, 0.6) is 0 Å². The van der Waals surface area contributed by atoms with E-state index in [0.29, 0.717) is 0 Å². The average molecular weight is 261 g/mol. The Bertz CT molecular complexity index is 577. The molecule has 0 saturated carbocycles. The Morgan fingerprint density at radius 2 is 1.83 bits per heavy atom. The van der Waals surface area contributed by atoms with Crippen LogP contribution in [0.15, 0.2) is 23.8 Å². The van der Waals surface area contributed by atoms with Gasteiger partial charge in [0, 0.05) is 27.9 Å². The average Bonchev–Trinajstić information content (AvgIpc) is 2.78. The number of pyridine rings is 1. The summed E-state index contributed by atoms with van der Waals surface area (Å²) in [7, 11) is -0.298. The van der Waals surface area contributed by atoms with Crippen LogP contribution in [0.2, 0.25) is 0 Å². The maximum atomic E-state index is 6.07. The van der Waals surface area contributed by atoms with Crippen molar-refractivity contribution in [3.8, 4) is 0 Å². The Balaban J connectivity index is 2.03. The van der Waals surface area contributed by atoms with Crippen LogP contribution in [0, 0.1) is 0 Å². The Labute approximate surface area is 111 Å². The van der Waals surface area contributed by atoms with Gasteiger partial charge in [0.1, 0.15) is 0 Å². The Morgan fingerprint density at radius 3 is 2.50 bits per heavy atom. The van der Waals surface area contributed by atoms with Crippen LogP contribution in [-0.2, 0) is 9.31 Å². The first-order valence-electron chi connectivity index (χ1n) is 6.07. The molecule has 3 nitrogen and oxygen atoms in total. The van der Waals surface area contributed by atoms with E-state index in [1.165, 1.54) is 4.70 Å². The molecule has 3 rings (SSSR count). The van der Waals surface area contributed by atoms with E-state index in [4.69, 9.17) is 9.31 Å². The fraction of sp³-hybridized carbons (Fsp3) is 0.462. The van der Waals surface area contributed by atoms with Crippen molar-refractivity contribution in [3.63, 3.8) is 0 Å². The standard InChI is InChI=1S/C13H16BNO2S/c1-12(2)13(3,4)17-14(16-12)10-8-18-11-5-6-15-7-9(10)11/h5-8H,1-4H3. The highest BCUT2D eigenvalue weighted by molar-refractivity contribution is 7.18. The first-order chi connectivity index (χ1) is 8.41. The molecule has 0 N–H and O–H groups in total. The van der Waals surface area contributed by atoms with Gasteiger partial charge in [0.15, 0.2) is 0 Å². The van der Waals surface area contributed by atoms with Crippen LogP contribution >= 0.6 is 11.3 Å². The third-order valence-electron chi connectivity index (χ3n) is 3.91. The Hall–Kier alpha value is -0.905. The number of rotatable bonds is 1. The number of nitrogens with zero attached hydrogens (tertiary/aromatic N) is 1. The molecule has 0 radical (unpaired) electrons. The highest BCUT2D eigenvalue weighted by Gasteiger charge is 2.52. The van der Waals surface area contributed by atoms with E-state index in [1.807, 2.05) is 18.5 Å². The van der Waals surface area contributed by atoms with Crippen molar-refractivity contribution in [2.75, 3.05) is 0 Å². The summed E-state index contributed by atoms with van der Waals surface area (Å²) in [6.07, 6.45) is 3.69. The van der Waals surface area contributed by atoms with Gasteiger partial charge in [0.2, 0.25) is 0 Å². The van der Waals surface area contributed by atoms with Crippen LogP contribution < -0.4 is 5.46 Å². The van der Waals surface area contributed by atoms with Crippen molar-refractivity contribution in [1.82, 2.24) is 4.98 Å². The molecule has 1 fully saturated rings. The predicted molar refractivity (Wildman–Crippen MR) is 75.3 cm³/mol. The van der Waals surface area contributed by atoms with Gasteiger partial charge in [-0.2, -0.15) is 0 Å². The molecule has 1 saturated heterocycles. The molecular weight excluding hydrogens is 245 g/mol. The molecule has 0 aromatic carbocycles. The molecule has 94 valence electrons. The number of thiophene rings is 1. The summed E-state index contributed by atoms with van der Waals surface area (Å²) in [5.74, 6) is 0. The summed E-state index contributed by atoms with van der Waals surface area (Å²) in [6, 6.07) is 2.02. The first-order valence-corrected chi connectivity index (χ1v) is 6.95. The molecule has 0 aliphatic carbocycles. The van der Waals surface area contributed by atoms with Crippen molar-refractivity contribution in [3.05, 3.63) is 23.8 Å². The first kappa shape index (κ1) is 12.1. The number of aromatic nitrogens is 1. The van der Waals surface area contributed by atoms with Gasteiger partial charge in [-0.1, -0.05) is 0 Å². The lowest BCUT2D eigenvalue weighted by atomic mass is 9.79. The molecule has 0 atom stereocenters. The van der Waals surface area contributed by atoms with Gasteiger partial charge in [-0.3, -0.25) is 4.98 Å². The summed E-state index contributed by atoms with van der Waals surface area (Å²) in [4.78, 5) is 4.19. The van der Waals surface area contributed by atoms with E-state index in [9.17, 15) is 0 Å². The molecule has 0 amide bonds. The van der Waals surface area contributed by atoms with Gasteiger partial charge in [0.25, 0.3) is 0 Å². The number of fused-ring (bicyclic) bond motifs is 1. The van der Waals surface area contributed by atoms with Gasteiger partial charge >= 0.3 is 7.12 Å². The van der Waals surface area contributed by atoms with Crippen molar-refractivity contribution in [2.24, 2.45) is 0 Å². The molecule has 3 heterocycles. The number of hydrogen-bond donors (Lipinski definition) is 0. The molecule has 1 aliphatic heterocycles. The van der Waals surface area contributed by atoms with E-state index >= 15 is 0 Å². The van der Waals surface area contributed by atoms with E-state index in [2.05, 4.69) is 38.1 Å². The SMILES string of the molecule is CC1(C)OB(c2csc3ccncc23)OC1(C)C. The highest BCUT2D eigenvalue weighted by atomic mass is 32.1. The fourth-order valence-electron chi connectivity index (χ4n) is 2.04. The smallest absolute Gasteiger partial charge is 0.399 e. The molecule has 0 unspecified atom stereocenters. The third kappa shape index (κ3) is 1.69. The van der Waals surface area contributed by atoms with Crippen molar-refractivity contribution in [2.45, 2.75) is 38.9 Å². The quantitative estimate of drug-likeness (QED) is 0.739. The minimum Gasteiger partial charge on any atom is -0.399 e. The predicted octanol–water partition coefficient (Wildman–Crippen LogP) is 2.60. The maximum Gasteiger partial charge on any atom is 0.496 e. The minimum atomic E-state index is -0.298. The van der Waals surface area contributed by atoms with Gasteiger partial charge in [-0.25, -0.2) is 0 Å². The molecule has 18 heavy (non-hydrogen) atoms. The molecule has 5 heteroatoms. The lowest BCUT2D eigenvalue weighted by molar-refractivity contribution is 0.00578. The second-order valence-electron chi connectivity index (χ2n) is 5.65. The zero-order chi connectivity index (χ0) is 13.0. The van der Waals surface area contributed by atoms with E-state index in [0.717, 1.165) is 10.8 Å². The van der Waals surface area contributed by atoms with Gasteiger partial charge < -0.3 is 9.31 Å². The summed E-state index contributed by atoms with van der Waals surface area (Å²) in [5, 5.41) is 3.23. The van der Waals surface area contributed by atoms with Crippen LogP contribution in [0.4, 0.5) is 0 Å². The topological polar surface area (TPSA) is 31.4 Å². The molecule has 2 aromatic heterocycles.